The molecule has 14 heteroatoms. The van der Waals surface area contributed by atoms with Gasteiger partial charge in [-0.1, -0.05) is 23.1 Å². The predicted octanol–water partition coefficient (Wildman–Crippen LogP) is 3.46. The summed E-state index contributed by atoms with van der Waals surface area (Å²) in [4.78, 5) is 16.2. The number of alkyl halides is 3. The van der Waals surface area contributed by atoms with E-state index in [1.54, 1.807) is 0 Å². The largest absolute Gasteiger partial charge is 0.416 e. The van der Waals surface area contributed by atoms with E-state index in [4.69, 9.17) is 4.74 Å². The summed E-state index contributed by atoms with van der Waals surface area (Å²) >= 11 is 2.44. The molecule has 4 rings (SSSR count). The van der Waals surface area contributed by atoms with Crippen molar-refractivity contribution in [1.82, 2.24) is 25.0 Å². The van der Waals surface area contributed by atoms with Gasteiger partial charge in [-0.2, -0.15) is 18.3 Å². The number of amides is 1. The summed E-state index contributed by atoms with van der Waals surface area (Å²) in [6.45, 7) is 1.41. The van der Waals surface area contributed by atoms with Gasteiger partial charge in [0.05, 0.1) is 28.8 Å². The lowest BCUT2D eigenvalue weighted by Gasteiger charge is -2.14. The normalized spacial score (nSPS) is 16.3. The summed E-state index contributed by atoms with van der Waals surface area (Å²) in [6.07, 6.45) is 0.239. The van der Waals surface area contributed by atoms with Gasteiger partial charge in [-0.15, -0.1) is 10.2 Å². The topological polar surface area (TPSA) is 107 Å². The average molecular weight is 486 g/mol. The Bertz CT molecular complexity index is 1050. The molecule has 170 valence electrons. The minimum Gasteiger partial charge on any atom is -0.376 e. The van der Waals surface area contributed by atoms with E-state index in [2.05, 4.69) is 30.9 Å². The first-order valence-electron chi connectivity index (χ1n) is 9.56. The molecule has 0 spiro atoms. The molecule has 0 radical (unpaired) electrons. The number of hydrogen-bond acceptors (Lipinski definition) is 9. The molecule has 1 unspecified atom stereocenters. The molecule has 3 aromatic rings. The molecule has 2 aromatic heterocycles. The summed E-state index contributed by atoms with van der Waals surface area (Å²) in [5.74, 6) is -0.535. The number of carbonyl (C=O) groups excluding carboxylic acids is 1. The summed E-state index contributed by atoms with van der Waals surface area (Å²) < 4.78 is 46.8. The Balaban J connectivity index is 1.37. The Morgan fingerprint density at radius 3 is 2.94 bits per heavy atom. The Labute approximate surface area is 188 Å². The van der Waals surface area contributed by atoms with Gasteiger partial charge < -0.3 is 15.4 Å². The number of rotatable bonds is 8. The number of nitrogens with zero attached hydrogens (tertiary/aromatic N) is 5. The van der Waals surface area contributed by atoms with Crippen molar-refractivity contribution in [2.75, 3.05) is 29.5 Å². The lowest BCUT2D eigenvalue weighted by molar-refractivity contribution is -0.137. The zero-order chi connectivity index (χ0) is 22.6. The van der Waals surface area contributed by atoms with Gasteiger partial charge in [0.25, 0.3) is 0 Å². The molecule has 3 heterocycles. The van der Waals surface area contributed by atoms with E-state index in [1.807, 2.05) is 0 Å². The van der Waals surface area contributed by atoms with E-state index >= 15 is 0 Å². The number of nitrogens with one attached hydrogen (secondary N) is 2. The number of hydrogen-bond donors (Lipinski definition) is 2. The Kier molecular flexibility index (Phi) is 6.91. The molecule has 1 aliphatic rings. The second-order valence-corrected chi connectivity index (χ2v) is 9.00. The number of ether oxygens (including phenoxy) is 1. The van der Waals surface area contributed by atoms with Crippen molar-refractivity contribution in [2.45, 2.75) is 29.5 Å². The zero-order valence-corrected chi connectivity index (χ0v) is 18.1. The van der Waals surface area contributed by atoms with Crippen LogP contribution in [-0.4, -0.2) is 55.9 Å². The second kappa shape index (κ2) is 9.83. The predicted molar refractivity (Wildman–Crippen MR) is 113 cm³/mol. The molecule has 2 N–H and O–H groups in total. The lowest BCUT2D eigenvalue weighted by Crippen LogP contribution is -2.18. The molecule has 1 saturated heterocycles. The number of anilines is 2. The van der Waals surface area contributed by atoms with Crippen molar-refractivity contribution in [3.8, 4) is 5.69 Å². The van der Waals surface area contributed by atoms with Crippen LogP contribution in [0.4, 0.5) is 24.0 Å². The maximum atomic E-state index is 13.1. The van der Waals surface area contributed by atoms with Crippen LogP contribution in [0.25, 0.3) is 5.69 Å². The fourth-order valence-electron chi connectivity index (χ4n) is 3.00. The SMILES string of the molecule is O=C(CSc1nnc(NCC2CCCO2)s1)Nc1cc(C(F)(F)F)ccc1-n1cncn1. The molecular weight excluding hydrogens is 467 g/mol. The van der Waals surface area contributed by atoms with Crippen LogP contribution < -0.4 is 10.6 Å². The van der Waals surface area contributed by atoms with Gasteiger partial charge in [-0.05, 0) is 31.0 Å². The van der Waals surface area contributed by atoms with Crippen molar-refractivity contribution >= 4 is 39.8 Å². The Morgan fingerprint density at radius 2 is 2.22 bits per heavy atom. The summed E-state index contributed by atoms with van der Waals surface area (Å²) in [7, 11) is 0. The van der Waals surface area contributed by atoms with E-state index in [0.717, 1.165) is 43.3 Å². The highest BCUT2D eigenvalue weighted by Crippen LogP contribution is 2.33. The first kappa shape index (κ1) is 22.5. The van der Waals surface area contributed by atoms with Crippen LogP contribution in [0.5, 0.6) is 0 Å². The van der Waals surface area contributed by atoms with Crippen LogP contribution in [0.3, 0.4) is 0 Å². The van der Waals surface area contributed by atoms with E-state index in [1.165, 1.54) is 34.7 Å². The van der Waals surface area contributed by atoms with Crippen molar-refractivity contribution < 1.29 is 22.7 Å². The molecule has 1 atom stereocenters. The van der Waals surface area contributed by atoms with Gasteiger partial charge in [0.1, 0.15) is 12.7 Å². The van der Waals surface area contributed by atoms with Gasteiger partial charge in [0.2, 0.25) is 11.0 Å². The average Bonchev–Trinajstić information content (AvgIpc) is 3.53. The van der Waals surface area contributed by atoms with Gasteiger partial charge in [0, 0.05) is 13.2 Å². The van der Waals surface area contributed by atoms with E-state index in [0.29, 0.717) is 16.0 Å². The van der Waals surface area contributed by atoms with Gasteiger partial charge in [-0.3, -0.25) is 4.79 Å². The first-order valence-corrected chi connectivity index (χ1v) is 11.4. The lowest BCUT2D eigenvalue weighted by atomic mass is 10.1. The second-order valence-electron chi connectivity index (χ2n) is 6.80. The third-order valence-electron chi connectivity index (χ3n) is 4.50. The third-order valence-corrected chi connectivity index (χ3v) is 6.52. The number of thioether (sulfide) groups is 1. The monoisotopic (exact) mass is 485 g/mol. The summed E-state index contributed by atoms with van der Waals surface area (Å²) in [6, 6.07) is 3.03. The Hall–Kier alpha value is -2.71. The van der Waals surface area contributed by atoms with Crippen LogP contribution in [0, 0.1) is 0 Å². The summed E-state index contributed by atoms with van der Waals surface area (Å²) in [5.41, 5.74) is -0.632. The van der Waals surface area contributed by atoms with Crippen molar-refractivity contribution in [3.05, 3.63) is 36.4 Å². The van der Waals surface area contributed by atoms with Crippen molar-refractivity contribution in [3.63, 3.8) is 0 Å². The maximum Gasteiger partial charge on any atom is 0.416 e. The highest BCUT2D eigenvalue weighted by Gasteiger charge is 2.31. The molecule has 1 aromatic carbocycles. The van der Waals surface area contributed by atoms with Crippen molar-refractivity contribution in [2.24, 2.45) is 0 Å². The van der Waals surface area contributed by atoms with E-state index < -0.39 is 17.6 Å². The zero-order valence-electron chi connectivity index (χ0n) is 16.5. The quantitative estimate of drug-likeness (QED) is 0.467. The fraction of sp³-hybridized carbons (Fsp3) is 0.389. The van der Waals surface area contributed by atoms with Crippen LogP contribution in [0.15, 0.2) is 35.2 Å². The Morgan fingerprint density at radius 1 is 1.34 bits per heavy atom. The van der Waals surface area contributed by atoms with Gasteiger partial charge >= 0.3 is 6.18 Å². The third kappa shape index (κ3) is 5.75. The molecule has 1 aliphatic heterocycles. The molecule has 1 amide bonds. The molecule has 1 fully saturated rings. The van der Waals surface area contributed by atoms with Crippen LogP contribution >= 0.6 is 23.1 Å². The number of halogens is 3. The molecule has 0 saturated carbocycles. The molecule has 0 aliphatic carbocycles. The minimum absolute atomic E-state index is 0.0212. The highest BCUT2D eigenvalue weighted by atomic mass is 32.2. The standard InChI is InChI=1S/C18H18F3N7O2S2/c19-18(20,21)11-3-4-14(28-10-22-9-24-28)13(6-11)25-15(29)8-31-17-27-26-16(32-17)23-7-12-2-1-5-30-12/h3-4,6,9-10,12H,1-2,5,7-8H2,(H,23,26)(H,25,29). The summed E-state index contributed by atoms with van der Waals surface area (Å²) in [5, 5.41) is 18.3. The molecule has 0 bridgehead atoms. The minimum atomic E-state index is -4.55. The van der Waals surface area contributed by atoms with Crippen LogP contribution in [0.2, 0.25) is 0 Å². The fourth-order valence-corrected chi connectivity index (χ4v) is 4.56. The molecule has 9 nitrogen and oxygen atoms in total. The van der Waals surface area contributed by atoms with E-state index in [9.17, 15) is 18.0 Å². The maximum absolute atomic E-state index is 13.1. The van der Waals surface area contributed by atoms with Crippen LogP contribution in [-0.2, 0) is 15.7 Å². The number of benzene rings is 1. The van der Waals surface area contributed by atoms with Crippen molar-refractivity contribution in [1.29, 1.82) is 0 Å². The van der Waals surface area contributed by atoms with Gasteiger partial charge in [-0.25, -0.2) is 9.67 Å². The highest BCUT2D eigenvalue weighted by molar-refractivity contribution is 8.01. The van der Waals surface area contributed by atoms with E-state index in [-0.39, 0.29) is 23.2 Å². The van der Waals surface area contributed by atoms with Gasteiger partial charge in [0.15, 0.2) is 4.34 Å². The number of aromatic nitrogens is 5. The number of carbonyl (C=O) groups is 1. The smallest absolute Gasteiger partial charge is 0.376 e. The molecular formula is C18H18F3N7O2S2. The first-order chi connectivity index (χ1) is 15.4. The van der Waals surface area contributed by atoms with Crippen LogP contribution in [0.1, 0.15) is 18.4 Å². The molecule has 32 heavy (non-hydrogen) atoms.